The quantitative estimate of drug-likeness (QED) is 0.450. The van der Waals surface area contributed by atoms with E-state index in [1.807, 2.05) is 6.92 Å². The van der Waals surface area contributed by atoms with Crippen molar-refractivity contribution in [3.05, 3.63) is 52.0 Å². The van der Waals surface area contributed by atoms with Crippen LogP contribution in [0.4, 0.5) is 5.69 Å². The van der Waals surface area contributed by atoms with Gasteiger partial charge in [-0.3, -0.25) is 13.9 Å². The summed E-state index contributed by atoms with van der Waals surface area (Å²) in [5.41, 5.74) is 0.700. The lowest BCUT2D eigenvalue weighted by atomic mass is 10.1. The zero-order chi connectivity index (χ0) is 26.5. The molecule has 9 nitrogen and oxygen atoms in total. The van der Waals surface area contributed by atoms with E-state index in [1.165, 1.54) is 17.9 Å². The monoisotopic (exact) mass is 557 g/mol. The van der Waals surface area contributed by atoms with Crippen LogP contribution in [-0.4, -0.2) is 56.8 Å². The van der Waals surface area contributed by atoms with E-state index >= 15 is 0 Å². The molecule has 1 aliphatic heterocycles. The van der Waals surface area contributed by atoms with E-state index in [0.717, 1.165) is 10.7 Å². The summed E-state index contributed by atoms with van der Waals surface area (Å²) in [5.74, 6) is -0.350. The third-order valence-corrected chi connectivity index (χ3v) is 8.18. The standard InChI is InChI=1S/C24H29Cl2N3O6S/c1-4-11-27-24(31)16(3)28(13-18-19(25)7-6-8-20(18)26)23(30)14-29(36(32,33)5-2)17-9-10-21-22(12-17)35-15-34-21/h6-10,12,16H,4-5,11,13-15H2,1-3H3,(H,27,31)/t16-/m1/s1. The number of carbonyl (C=O) groups excluding carboxylic acids is 2. The molecule has 2 aromatic rings. The Bertz CT molecular complexity index is 1200. The van der Waals surface area contributed by atoms with Gasteiger partial charge in [-0.2, -0.15) is 0 Å². The fraction of sp³-hybridized carbons (Fsp3) is 0.417. The van der Waals surface area contributed by atoms with Crippen LogP contribution in [0.2, 0.25) is 10.0 Å². The molecule has 3 rings (SSSR count). The van der Waals surface area contributed by atoms with Crippen LogP contribution in [0.15, 0.2) is 36.4 Å². The number of fused-ring (bicyclic) bond motifs is 1. The Morgan fingerprint density at radius 3 is 2.39 bits per heavy atom. The van der Waals surface area contributed by atoms with Crippen molar-refractivity contribution in [2.24, 2.45) is 0 Å². The summed E-state index contributed by atoms with van der Waals surface area (Å²) in [4.78, 5) is 27.8. The van der Waals surface area contributed by atoms with Crippen LogP contribution in [0.5, 0.6) is 11.5 Å². The van der Waals surface area contributed by atoms with Crippen molar-refractivity contribution < 1.29 is 27.5 Å². The molecule has 2 amide bonds. The van der Waals surface area contributed by atoms with Crippen molar-refractivity contribution in [1.82, 2.24) is 10.2 Å². The topological polar surface area (TPSA) is 105 Å². The van der Waals surface area contributed by atoms with Crippen molar-refractivity contribution in [2.75, 3.05) is 29.9 Å². The van der Waals surface area contributed by atoms with Gasteiger partial charge in [0.25, 0.3) is 0 Å². The normalized spacial score (nSPS) is 13.2. The van der Waals surface area contributed by atoms with Gasteiger partial charge in [-0.1, -0.05) is 36.2 Å². The van der Waals surface area contributed by atoms with Crippen LogP contribution < -0.4 is 19.1 Å². The number of ether oxygens (including phenoxy) is 2. The molecule has 0 bridgehead atoms. The Morgan fingerprint density at radius 1 is 1.08 bits per heavy atom. The Labute approximate surface area is 221 Å². The number of halogens is 2. The minimum absolute atomic E-state index is 0.0228. The average Bonchev–Trinajstić information content (AvgIpc) is 3.33. The predicted octanol–water partition coefficient (Wildman–Crippen LogP) is 3.82. The highest BCUT2D eigenvalue weighted by Gasteiger charge is 2.32. The molecular weight excluding hydrogens is 529 g/mol. The van der Waals surface area contributed by atoms with Crippen LogP contribution >= 0.6 is 23.2 Å². The third-order valence-electron chi connectivity index (χ3n) is 5.73. The number of anilines is 1. The van der Waals surface area contributed by atoms with Crippen LogP contribution in [-0.2, 0) is 26.2 Å². The van der Waals surface area contributed by atoms with Crippen LogP contribution in [0, 0.1) is 0 Å². The first-order valence-electron chi connectivity index (χ1n) is 11.5. The number of hydrogen-bond acceptors (Lipinski definition) is 6. The van der Waals surface area contributed by atoms with E-state index in [2.05, 4.69) is 5.32 Å². The van der Waals surface area contributed by atoms with Crippen LogP contribution in [0.1, 0.15) is 32.8 Å². The van der Waals surface area contributed by atoms with Crippen molar-refractivity contribution in [1.29, 1.82) is 0 Å². The first-order chi connectivity index (χ1) is 17.1. The Hall–Kier alpha value is -2.69. The molecule has 1 atom stereocenters. The molecule has 0 spiro atoms. The largest absolute Gasteiger partial charge is 0.454 e. The Morgan fingerprint density at radius 2 is 1.75 bits per heavy atom. The van der Waals surface area contributed by atoms with Crippen molar-refractivity contribution in [2.45, 2.75) is 39.8 Å². The number of amides is 2. The lowest BCUT2D eigenvalue weighted by Gasteiger charge is -2.32. The molecule has 196 valence electrons. The molecule has 36 heavy (non-hydrogen) atoms. The summed E-state index contributed by atoms with van der Waals surface area (Å²) in [6.07, 6.45) is 0.718. The van der Waals surface area contributed by atoms with Crippen LogP contribution in [0.3, 0.4) is 0 Å². The third kappa shape index (κ3) is 6.35. The molecular formula is C24H29Cl2N3O6S. The highest BCUT2D eigenvalue weighted by atomic mass is 35.5. The molecule has 1 aliphatic rings. The van der Waals surface area contributed by atoms with E-state index in [1.54, 1.807) is 37.3 Å². The predicted molar refractivity (Wildman–Crippen MR) is 139 cm³/mol. The van der Waals surface area contributed by atoms with Gasteiger partial charge in [0.1, 0.15) is 12.6 Å². The fourth-order valence-electron chi connectivity index (χ4n) is 3.59. The van der Waals surface area contributed by atoms with E-state index in [9.17, 15) is 18.0 Å². The molecule has 0 radical (unpaired) electrons. The van der Waals surface area contributed by atoms with Crippen molar-refractivity contribution >= 4 is 50.7 Å². The highest BCUT2D eigenvalue weighted by Crippen LogP contribution is 2.36. The first-order valence-corrected chi connectivity index (χ1v) is 13.9. The maximum absolute atomic E-state index is 13.7. The lowest BCUT2D eigenvalue weighted by molar-refractivity contribution is -0.139. The molecule has 1 N–H and O–H groups in total. The summed E-state index contributed by atoms with van der Waals surface area (Å²) in [6.45, 7) is 4.81. The number of benzene rings is 2. The molecule has 0 saturated carbocycles. The molecule has 0 saturated heterocycles. The second-order valence-corrected chi connectivity index (χ2v) is 11.1. The zero-order valence-corrected chi connectivity index (χ0v) is 22.6. The van der Waals surface area contributed by atoms with E-state index < -0.39 is 28.5 Å². The summed E-state index contributed by atoms with van der Waals surface area (Å²) in [5, 5.41) is 3.43. The number of nitrogens with one attached hydrogen (secondary N) is 1. The van der Waals surface area contributed by atoms with Gasteiger partial charge in [0, 0.05) is 34.8 Å². The van der Waals surface area contributed by atoms with Gasteiger partial charge in [0.05, 0.1) is 11.4 Å². The molecule has 1 heterocycles. The van der Waals surface area contributed by atoms with Gasteiger partial charge < -0.3 is 19.7 Å². The molecule has 0 aromatic heterocycles. The number of hydrogen-bond donors (Lipinski definition) is 1. The number of nitrogens with zero attached hydrogens (tertiary/aromatic N) is 2. The summed E-state index contributed by atoms with van der Waals surface area (Å²) >= 11 is 12.7. The SMILES string of the molecule is CCCNC(=O)[C@@H](C)N(Cc1c(Cl)cccc1Cl)C(=O)CN(c1ccc2c(c1)OCO2)S(=O)(=O)CC. The zero-order valence-electron chi connectivity index (χ0n) is 20.3. The molecule has 0 aliphatic carbocycles. The molecule has 0 unspecified atom stereocenters. The van der Waals surface area contributed by atoms with E-state index in [0.29, 0.717) is 33.7 Å². The van der Waals surface area contributed by atoms with Crippen LogP contribution in [0.25, 0.3) is 0 Å². The summed E-state index contributed by atoms with van der Waals surface area (Å²) < 4.78 is 37.8. The second kappa shape index (κ2) is 12.0. The van der Waals surface area contributed by atoms with Gasteiger partial charge in [-0.25, -0.2) is 8.42 Å². The molecule has 0 fully saturated rings. The smallest absolute Gasteiger partial charge is 0.244 e. The molecule has 12 heteroatoms. The fourth-order valence-corrected chi connectivity index (χ4v) is 5.16. The Balaban J connectivity index is 1.97. The van der Waals surface area contributed by atoms with Crippen molar-refractivity contribution in [3.8, 4) is 11.5 Å². The van der Waals surface area contributed by atoms with E-state index in [-0.39, 0.29) is 30.7 Å². The van der Waals surface area contributed by atoms with E-state index in [4.69, 9.17) is 32.7 Å². The highest BCUT2D eigenvalue weighted by molar-refractivity contribution is 7.92. The Kier molecular flexibility index (Phi) is 9.32. The summed E-state index contributed by atoms with van der Waals surface area (Å²) in [6, 6.07) is 8.66. The lowest BCUT2D eigenvalue weighted by Crippen LogP contribution is -2.51. The summed E-state index contributed by atoms with van der Waals surface area (Å²) in [7, 11) is -3.87. The maximum Gasteiger partial charge on any atom is 0.244 e. The van der Waals surface area contributed by atoms with Gasteiger partial charge >= 0.3 is 0 Å². The number of carbonyl (C=O) groups is 2. The minimum Gasteiger partial charge on any atom is -0.454 e. The average molecular weight is 558 g/mol. The van der Waals surface area contributed by atoms with Gasteiger partial charge in [0.15, 0.2) is 11.5 Å². The van der Waals surface area contributed by atoms with Gasteiger partial charge in [0.2, 0.25) is 28.6 Å². The second-order valence-electron chi connectivity index (χ2n) is 8.13. The molecule has 2 aromatic carbocycles. The maximum atomic E-state index is 13.7. The van der Waals surface area contributed by atoms with Crippen molar-refractivity contribution in [3.63, 3.8) is 0 Å². The van der Waals surface area contributed by atoms with Gasteiger partial charge in [-0.05, 0) is 44.5 Å². The first kappa shape index (κ1) is 27.9. The number of sulfonamides is 1. The number of rotatable bonds is 11. The minimum atomic E-state index is -3.87. The van der Waals surface area contributed by atoms with Gasteiger partial charge in [-0.15, -0.1) is 0 Å².